The highest BCUT2D eigenvalue weighted by Gasteiger charge is 2.19. The van der Waals surface area contributed by atoms with Gasteiger partial charge in [-0.1, -0.05) is 79.9 Å². The SMILES string of the molecule is Cc1ccc(C(=O)Oc2ccc(Br)cc2C=NNC(=O)c2[nH]c3ccc(Br)cc3c2-c2ccccc2)cc1. The molecule has 8 heteroatoms. The first kappa shape index (κ1) is 25.6. The normalized spacial score (nSPS) is 11.1. The third-order valence-corrected chi connectivity index (χ3v) is 6.87. The molecule has 1 aromatic heterocycles. The lowest BCUT2D eigenvalue weighted by molar-refractivity contribution is 0.0734. The summed E-state index contributed by atoms with van der Waals surface area (Å²) in [5.74, 6) is -0.569. The minimum atomic E-state index is -0.484. The molecule has 1 heterocycles. The maximum atomic E-state index is 13.3. The van der Waals surface area contributed by atoms with Crippen molar-refractivity contribution in [1.82, 2.24) is 10.4 Å². The molecule has 0 spiro atoms. The Morgan fingerprint density at radius 1 is 0.895 bits per heavy atom. The summed E-state index contributed by atoms with van der Waals surface area (Å²) in [4.78, 5) is 29.1. The van der Waals surface area contributed by atoms with Crippen LogP contribution in [0.25, 0.3) is 22.0 Å². The Hall–Kier alpha value is -4.01. The maximum absolute atomic E-state index is 13.3. The van der Waals surface area contributed by atoms with Crippen LogP contribution in [0.3, 0.4) is 0 Å². The summed E-state index contributed by atoms with van der Waals surface area (Å²) in [6, 6.07) is 27.8. The Balaban J connectivity index is 1.41. The standard InChI is InChI=1S/C30H21Br2N3O3/c1-18-7-9-20(10-8-18)30(37)38-26-14-12-22(31)15-21(26)17-33-35-29(36)28-27(19-5-3-2-4-6-19)24-16-23(32)11-13-25(24)34-28/h2-17,34H,1H3,(H,35,36). The van der Waals surface area contributed by atoms with Crippen molar-refractivity contribution < 1.29 is 14.3 Å². The Kier molecular flexibility index (Phi) is 7.53. The van der Waals surface area contributed by atoms with E-state index in [-0.39, 0.29) is 0 Å². The number of hydrogen-bond acceptors (Lipinski definition) is 4. The van der Waals surface area contributed by atoms with E-state index < -0.39 is 11.9 Å². The summed E-state index contributed by atoms with van der Waals surface area (Å²) < 4.78 is 7.30. The van der Waals surface area contributed by atoms with Crippen molar-refractivity contribution in [1.29, 1.82) is 0 Å². The smallest absolute Gasteiger partial charge is 0.343 e. The monoisotopic (exact) mass is 629 g/mol. The molecule has 5 rings (SSSR count). The molecule has 1 amide bonds. The molecular weight excluding hydrogens is 610 g/mol. The number of esters is 1. The molecule has 6 nitrogen and oxygen atoms in total. The number of aromatic amines is 1. The number of hydrogen-bond donors (Lipinski definition) is 2. The maximum Gasteiger partial charge on any atom is 0.343 e. The van der Waals surface area contributed by atoms with E-state index >= 15 is 0 Å². The fourth-order valence-electron chi connectivity index (χ4n) is 4.02. The topological polar surface area (TPSA) is 83.5 Å². The van der Waals surface area contributed by atoms with Gasteiger partial charge in [-0.05, 0) is 61.0 Å². The Morgan fingerprint density at radius 2 is 1.61 bits per heavy atom. The van der Waals surface area contributed by atoms with E-state index in [1.807, 2.05) is 67.6 Å². The van der Waals surface area contributed by atoms with E-state index in [4.69, 9.17) is 4.74 Å². The molecule has 0 radical (unpaired) electrons. The number of ether oxygens (including phenoxy) is 1. The molecular formula is C30H21Br2N3O3. The van der Waals surface area contributed by atoms with Gasteiger partial charge in [-0.2, -0.15) is 5.10 Å². The largest absolute Gasteiger partial charge is 0.422 e. The van der Waals surface area contributed by atoms with E-state index in [1.165, 1.54) is 6.21 Å². The highest BCUT2D eigenvalue weighted by molar-refractivity contribution is 9.10. The second-order valence-electron chi connectivity index (χ2n) is 8.57. The fraction of sp³-hybridized carbons (Fsp3) is 0.0333. The van der Waals surface area contributed by atoms with Crippen LogP contribution in [0, 0.1) is 6.92 Å². The van der Waals surface area contributed by atoms with Gasteiger partial charge in [0.05, 0.1) is 11.8 Å². The van der Waals surface area contributed by atoms with Crippen LogP contribution < -0.4 is 10.2 Å². The number of amides is 1. The molecule has 0 aliphatic heterocycles. The van der Waals surface area contributed by atoms with Gasteiger partial charge in [-0.25, -0.2) is 10.2 Å². The summed E-state index contributed by atoms with van der Waals surface area (Å²) in [6.45, 7) is 1.95. The molecule has 188 valence electrons. The van der Waals surface area contributed by atoms with E-state index in [2.05, 4.69) is 47.4 Å². The molecule has 0 aliphatic rings. The molecule has 38 heavy (non-hydrogen) atoms. The van der Waals surface area contributed by atoms with Crippen molar-refractivity contribution in [3.8, 4) is 16.9 Å². The number of rotatable bonds is 6. The number of aromatic nitrogens is 1. The lowest BCUT2D eigenvalue weighted by Crippen LogP contribution is -2.19. The number of halogens is 2. The van der Waals surface area contributed by atoms with Crippen LogP contribution in [0.1, 0.15) is 32.0 Å². The van der Waals surface area contributed by atoms with E-state index in [9.17, 15) is 9.59 Å². The zero-order valence-electron chi connectivity index (χ0n) is 20.2. The predicted octanol–water partition coefficient (Wildman–Crippen LogP) is 7.65. The van der Waals surface area contributed by atoms with Crippen LogP contribution >= 0.6 is 31.9 Å². The first-order chi connectivity index (χ1) is 18.4. The third kappa shape index (κ3) is 5.61. The Bertz CT molecular complexity index is 1680. The molecule has 0 aliphatic carbocycles. The minimum absolute atomic E-state index is 0.317. The summed E-state index contributed by atoms with van der Waals surface area (Å²) in [6.07, 6.45) is 1.45. The number of H-pyrrole nitrogens is 1. The van der Waals surface area contributed by atoms with Crippen molar-refractivity contribution in [2.24, 2.45) is 5.10 Å². The third-order valence-electron chi connectivity index (χ3n) is 5.88. The zero-order valence-corrected chi connectivity index (χ0v) is 23.3. The summed E-state index contributed by atoms with van der Waals surface area (Å²) in [5, 5.41) is 5.08. The van der Waals surface area contributed by atoms with E-state index in [1.54, 1.807) is 30.3 Å². The van der Waals surface area contributed by atoms with Crippen molar-refractivity contribution in [2.45, 2.75) is 6.92 Å². The van der Waals surface area contributed by atoms with Crippen LogP contribution in [-0.4, -0.2) is 23.1 Å². The fourth-order valence-corrected chi connectivity index (χ4v) is 4.76. The lowest BCUT2D eigenvalue weighted by Gasteiger charge is -2.08. The number of benzene rings is 4. The molecule has 5 aromatic rings. The average Bonchev–Trinajstić information content (AvgIpc) is 3.29. The molecule has 2 N–H and O–H groups in total. The molecule has 0 fully saturated rings. The summed E-state index contributed by atoms with van der Waals surface area (Å²) >= 11 is 6.96. The first-order valence-corrected chi connectivity index (χ1v) is 13.3. The van der Waals surface area contributed by atoms with Gasteiger partial charge < -0.3 is 9.72 Å². The van der Waals surface area contributed by atoms with Crippen molar-refractivity contribution in [3.63, 3.8) is 0 Å². The van der Waals surface area contributed by atoms with Gasteiger partial charge in [0.2, 0.25) is 0 Å². The molecule has 0 saturated heterocycles. The van der Waals surface area contributed by atoms with E-state index in [0.29, 0.717) is 22.6 Å². The minimum Gasteiger partial charge on any atom is -0.422 e. The predicted molar refractivity (Wildman–Crippen MR) is 157 cm³/mol. The Labute approximate surface area is 236 Å². The van der Waals surface area contributed by atoms with Gasteiger partial charge in [0.1, 0.15) is 11.4 Å². The number of aryl methyl sites for hydroxylation is 1. The van der Waals surface area contributed by atoms with Crippen LogP contribution in [0.4, 0.5) is 0 Å². The van der Waals surface area contributed by atoms with Crippen molar-refractivity contribution in [3.05, 3.63) is 122 Å². The van der Waals surface area contributed by atoms with Gasteiger partial charge in [0.15, 0.2) is 0 Å². The van der Waals surface area contributed by atoms with Crippen LogP contribution in [0.5, 0.6) is 5.75 Å². The number of nitrogens with one attached hydrogen (secondary N) is 2. The lowest BCUT2D eigenvalue weighted by atomic mass is 10.0. The number of nitrogens with zero attached hydrogens (tertiary/aromatic N) is 1. The molecule has 0 unspecified atom stereocenters. The van der Waals surface area contributed by atoms with Gasteiger partial charge in [-0.3, -0.25) is 4.79 Å². The molecule has 0 atom stereocenters. The zero-order chi connectivity index (χ0) is 26.6. The van der Waals surface area contributed by atoms with E-state index in [0.717, 1.165) is 36.5 Å². The number of carbonyl (C=O) groups excluding carboxylic acids is 2. The molecule has 0 bridgehead atoms. The quantitative estimate of drug-likeness (QED) is 0.0875. The highest BCUT2D eigenvalue weighted by Crippen LogP contribution is 2.34. The second kappa shape index (κ2) is 11.2. The second-order valence-corrected chi connectivity index (χ2v) is 10.4. The number of fused-ring (bicyclic) bond motifs is 1. The molecule has 4 aromatic carbocycles. The van der Waals surface area contributed by atoms with Gasteiger partial charge in [0.25, 0.3) is 5.91 Å². The van der Waals surface area contributed by atoms with Crippen LogP contribution in [-0.2, 0) is 0 Å². The molecule has 0 saturated carbocycles. The summed E-state index contributed by atoms with van der Waals surface area (Å²) in [5.41, 5.74) is 7.52. The van der Waals surface area contributed by atoms with Gasteiger partial charge in [-0.15, -0.1) is 0 Å². The first-order valence-electron chi connectivity index (χ1n) is 11.7. The van der Waals surface area contributed by atoms with Gasteiger partial charge >= 0.3 is 5.97 Å². The van der Waals surface area contributed by atoms with Gasteiger partial charge in [0, 0.05) is 31.0 Å². The van der Waals surface area contributed by atoms with Crippen molar-refractivity contribution in [2.75, 3.05) is 0 Å². The Morgan fingerprint density at radius 3 is 2.37 bits per heavy atom. The highest BCUT2D eigenvalue weighted by atomic mass is 79.9. The van der Waals surface area contributed by atoms with Crippen molar-refractivity contribution >= 4 is 60.9 Å². The van der Waals surface area contributed by atoms with Crippen LogP contribution in [0.15, 0.2) is 105 Å². The number of carbonyl (C=O) groups is 2. The average molecular weight is 631 g/mol. The van der Waals surface area contributed by atoms with Crippen LogP contribution in [0.2, 0.25) is 0 Å². The number of hydrazone groups is 1. The summed E-state index contributed by atoms with van der Waals surface area (Å²) in [7, 11) is 0.